The fraction of sp³-hybridized carbons (Fsp3) is 0.727. The van der Waals surface area contributed by atoms with Gasteiger partial charge in [0.05, 0.1) is 0 Å². The molecule has 0 bridgehead atoms. The Bertz CT molecular complexity index is 834. The summed E-state index contributed by atoms with van der Waals surface area (Å²) in [5, 5.41) is 0. The van der Waals surface area contributed by atoms with Crippen molar-refractivity contribution in [3.8, 4) is 0 Å². The molecule has 4 heteroatoms. The Morgan fingerprint density at radius 3 is 2.38 bits per heavy atom. The van der Waals surface area contributed by atoms with Crippen molar-refractivity contribution in [2.75, 3.05) is 44.2 Å². The zero-order valence-corrected chi connectivity index (χ0v) is 24.6. The van der Waals surface area contributed by atoms with Gasteiger partial charge in [0, 0.05) is 51.4 Å². The number of amides is 1. The first kappa shape index (κ1) is 29.9. The van der Waals surface area contributed by atoms with E-state index in [1.165, 1.54) is 101 Å². The lowest BCUT2D eigenvalue weighted by Gasteiger charge is -2.40. The number of nitrogens with zero attached hydrogens (tertiary/aromatic N) is 3. The number of piperazine rings is 1. The largest absolute Gasteiger partial charge is 0.312 e. The molecular formula is C33H55N3O. The molecule has 1 saturated carbocycles. The van der Waals surface area contributed by atoms with E-state index in [-0.39, 0.29) is 5.91 Å². The van der Waals surface area contributed by atoms with E-state index in [2.05, 4.69) is 54.8 Å². The van der Waals surface area contributed by atoms with Gasteiger partial charge in [-0.15, -0.1) is 0 Å². The number of hydrogen-bond acceptors (Lipinski definition) is 3. The molecule has 1 aromatic carbocycles. The average Bonchev–Trinajstić information content (AvgIpc) is 2.91. The summed E-state index contributed by atoms with van der Waals surface area (Å²) in [6.45, 7) is 15.2. The molecule has 0 N–H and O–H groups in total. The standard InChI is InChI=1S/C33H55N3O/c1-5-7-8-10-16-30(15-6-2)31-19-20-33(28(3)27-31)36(29(4)37)22-14-13-21-34-23-25-35(26-24-34)32-17-11-9-12-18-32/h15,19-20,27,32H,5-14,16-18,21-26H2,1-4H3/b30-15+. The van der Waals surface area contributed by atoms with E-state index in [0.717, 1.165) is 50.5 Å². The maximum absolute atomic E-state index is 12.6. The Labute approximate surface area is 228 Å². The van der Waals surface area contributed by atoms with E-state index in [0.29, 0.717) is 0 Å². The second kappa shape index (κ2) is 16.3. The van der Waals surface area contributed by atoms with Crippen LogP contribution < -0.4 is 4.90 Å². The highest BCUT2D eigenvalue weighted by Crippen LogP contribution is 2.29. The molecule has 0 radical (unpaired) electrons. The number of allylic oxidation sites excluding steroid dienone is 2. The van der Waals surface area contributed by atoms with Crippen LogP contribution in [0.4, 0.5) is 5.69 Å². The number of anilines is 1. The quantitative estimate of drug-likeness (QED) is 0.239. The maximum Gasteiger partial charge on any atom is 0.223 e. The van der Waals surface area contributed by atoms with E-state index in [4.69, 9.17) is 0 Å². The summed E-state index contributed by atoms with van der Waals surface area (Å²) >= 11 is 0. The molecule has 208 valence electrons. The summed E-state index contributed by atoms with van der Waals surface area (Å²) < 4.78 is 0. The highest BCUT2D eigenvalue weighted by Gasteiger charge is 2.25. The van der Waals surface area contributed by atoms with Crippen LogP contribution in [0.3, 0.4) is 0 Å². The molecule has 1 heterocycles. The molecule has 1 aliphatic heterocycles. The third kappa shape index (κ3) is 9.55. The van der Waals surface area contributed by atoms with Gasteiger partial charge in [-0.1, -0.05) is 64.5 Å². The highest BCUT2D eigenvalue weighted by molar-refractivity contribution is 5.92. The fourth-order valence-corrected chi connectivity index (χ4v) is 6.36. The summed E-state index contributed by atoms with van der Waals surface area (Å²) in [5.41, 5.74) is 5.09. The molecule has 1 aliphatic carbocycles. The summed E-state index contributed by atoms with van der Waals surface area (Å²) in [7, 11) is 0. The first-order valence-electron chi connectivity index (χ1n) is 15.6. The van der Waals surface area contributed by atoms with Gasteiger partial charge < -0.3 is 9.80 Å². The average molecular weight is 510 g/mol. The molecule has 0 spiro atoms. The van der Waals surface area contributed by atoms with Gasteiger partial charge in [-0.3, -0.25) is 9.69 Å². The van der Waals surface area contributed by atoms with Crippen LogP contribution in [0, 0.1) is 6.92 Å². The molecule has 37 heavy (non-hydrogen) atoms. The zero-order chi connectivity index (χ0) is 26.5. The van der Waals surface area contributed by atoms with Gasteiger partial charge in [0.2, 0.25) is 5.91 Å². The van der Waals surface area contributed by atoms with Gasteiger partial charge in [0.25, 0.3) is 0 Å². The zero-order valence-electron chi connectivity index (χ0n) is 24.6. The second-order valence-electron chi connectivity index (χ2n) is 11.5. The van der Waals surface area contributed by atoms with Crippen molar-refractivity contribution < 1.29 is 4.79 Å². The SMILES string of the molecule is CC/C=C(\CCCCCC)c1ccc(N(CCCCN2CCN(C3CCCCC3)CC2)C(C)=O)c(C)c1. The maximum atomic E-state index is 12.6. The normalized spacial score (nSPS) is 18.3. The van der Waals surface area contributed by atoms with E-state index >= 15 is 0 Å². The van der Waals surface area contributed by atoms with Crippen LogP contribution in [0.25, 0.3) is 5.57 Å². The summed E-state index contributed by atoms with van der Waals surface area (Å²) in [6.07, 6.45) is 19.1. The number of unbranched alkanes of at least 4 members (excludes halogenated alkanes) is 4. The van der Waals surface area contributed by atoms with Crippen LogP contribution in [0.2, 0.25) is 0 Å². The Balaban J connectivity index is 1.47. The number of carbonyl (C=O) groups excluding carboxylic acids is 1. The van der Waals surface area contributed by atoms with E-state index in [9.17, 15) is 4.79 Å². The number of rotatable bonds is 14. The van der Waals surface area contributed by atoms with Crippen molar-refractivity contribution in [3.05, 3.63) is 35.4 Å². The molecule has 2 fully saturated rings. The van der Waals surface area contributed by atoms with Crippen molar-refractivity contribution in [2.45, 2.75) is 117 Å². The minimum atomic E-state index is 0.154. The van der Waals surface area contributed by atoms with Gasteiger partial charge in [-0.25, -0.2) is 0 Å². The topological polar surface area (TPSA) is 26.8 Å². The number of hydrogen-bond donors (Lipinski definition) is 0. The Kier molecular flexibility index (Phi) is 13.2. The molecule has 1 amide bonds. The molecule has 4 nitrogen and oxygen atoms in total. The summed E-state index contributed by atoms with van der Waals surface area (Å²) in [6, 6.07) is 7.58. The highest BCUT2D eigenvalue weighted by atomic mass is 16.2. The molecule has 2 aliphatic rings. The van der Waals surface area contributed by atoms with Crippen LogP contribution >= 0.6 is 0 Å². The van der Waals surface area contributed by atoms with Gasteiger partial charge in [0.1, 0.15) is 0 Å². The molecule has 3 rings (SSSR count). The second-order valence-corrected chi connectivity index (χ2v) is 11.5. The van der Waals surface area contributed by atoms with Crippen molar-refractivity contribution in [1.82, 2.24) is 9.80 Å². The van der Waals surface area contributed by atoms with E-state index in [1.807, 2.05) is 4.90 Å². The lowest BCUT2D eigenvalue weighted by atomic mass is 9.94. The number of aryl methyl sites for hydroxylation is 1. The molecule has 1 aromatic rings. The fourth-order valence-electron chi connectivity index (χ4n) is 6.36. The van der Waals surface area contributed by atoms with Crippen LogP contribution in [0.5, 0.6) is 0 Å². The van der Waals surface area contributed by atoms with Crippen LogP contribution in [-0.4, -0.2) is 61.0 Å². The first-order valence-corrected chi connectivity index (χ1v) is 15.6. The monoisotopic (exact) mass is 509 g/mol. The number of carbonyl (C=O) groups is 1. The molecule has 1 saturated heterocycles. The molecule has 0 atom stereocenters. The third-order valence-electron chi connectivity index (χ3n) is 8.59. The van der Waals surface area contributed by atoms with Gasteiger partial charge in [-0.05, 0) is 87.2 Å². The smallest absolute Gasteiger partial charge is 0.223 e. The van der Waals surface area contributed by atoms with Crippen molar-refractivity contribution >= 4 is 17.2 Å². The predicted octanol–water partition coefficient (Wildman–Crippen LogP) is 7.84. The van der Waals surface area contributed by atoms with E-state index < -0.39 is 0 Å². The van der Waals surface area contributed by atoms with Gasteiger partial charge in [0.15, 0.2) is 0 Å². The minimum absolute atomic E-state index is 0.154. The Hall–Kier alpha value is -1.65. The Morgan fingerprint density at radius 1 is 0.973 bits per heavy atom. The minimum Gasteiger partial charge on any atom is -0.312 e. The van der Waals surface area contributed by atoms with Crippen LogP contribution in [-0.2, 0) is 4.79 Å². The summed E-state index contributed by atoms with van der Waals surface area (Å²) in [4.78, 5) is 20.0. The summed E-state index contributed by atoms with van der Waals surface area (Å²) in [5.74, 6) is 0.154. The van der Waals surface area contributed by atoms with Crippen molar-refractivity contribution in [2.24, 2.45) is 0 Å². The lowest BCUT2D eigenvalue weighted by Crippen LogP contribution is -2.50. The first-order chi connectivity index (χ1) is 18.0. The number of benzene rings is 1. The third-order valence-corrected chi connectivity index (χ3v) is 8.59. The molecular weight excluding hydrogens is 454 g/mol. The lowest BCUT2D eigenvalue weighted by molar-refractivity contribution is -0.116. The van der Waals surface area contributed by atoms with Crippen LogP contribution in [0.1, 0.15) is 115 Å². The molecule has 0 aromatic heterocycles. The molecule has 0 unspecified atom stereocenters. The van der Waals surface area contributed by atoms with Crippen molar-refractivity contribution in [3.63, 3.8) is 0 Å². The van der Waals surface area contributed by atoms with E-state index in [1.54, 1.807) is 6.92 Å². The van der Waals surface area contributed by atoms with Crippen molar-refractivity contribution in [1.29, 1.82) is 0 Å². The van der Waals surface area contributed by atoms with Gasteiger partial charge in [-0.2, -0.15) is 0 Å². The van der Waals surface area contributed by atoms with Crippen LogP contribution in [0.15, 0.2) is 24.3 Å². The predicted molar refractivity (Wildman–Crippen MR) is 160 cm³/mol. The van der Waals surface area contributed by atoms with Gasteiger partial charge >= 0.3 is 0 Å². The Morgan fingerprint density at radius 2 is 1.73 bits per heavy atom.